The number of carbonyl (C=O) groups is 2. The number of hydrogen-bond acceptors (Lipinski definition) is 9. The maximum atomic E-state index is 12.9. The molecule has 172 valence electrons. The molecule has 0 N–H and O–H groups in total. The van der Waals surface area contributed by atoms with E-state index in [0.717, 1.165) is 21.5 Å². The molecule has 0 aromatic heterocycles. The second-order valence-electron chi connectivity index (χ2n) is 6.97. The minimum absolute atomic E-state index is 0.214. The summed E-state index contributed by atoms with van der Waals surface area (Å²) >= 11 is 6.03. The number of benzene rings is 2. The lowest BCUT2D eigenvalue weighted by Crippen LogP contribution is -2.49. The van der Waals surface area contributed by atoms with Crippen LogP contribution in [0.15, 0.2) is 74.8 Å². The molecule has 0 radical (unpaired) electrons. The van der Waals surface area contributed by atoms with Crippen molar-refractivity contribution in [3.8, 4) is 0 Å². The van der Waals surface area contributed by atoms with E-state index in [9.17, 15) is 9.59 Å². The first-order chi connectivity index (χ1) is 15.9. The normalized spacial score (nSPS) is 19.8. The zero-order valence-electron chi connectivity index (χ0n) is 18.3. The maximum absolute atomic E-state index is 12.9. The summed E-state index contributed by atoms with van der Waals surface area (Å²) in [6, 6.07) is 17.3. The Hall–Kier alpha value is -2.43. The summed E-state index contributed by atoms with van der Waals surface area (Å²) in [5.74, 6) is -0.906. The lowest BCUT2D eigenvalue weighted by atomic mass is 10.2. The van der Waals surface area contributed by atoms with Crippen molar-refractivity contribution in [1.29, 1.82) is 0 Å². The van der Waals surface area contributed by atoms with Crippen LogP contribution in [-0.4, -0.2) is 34.5 Å². The van der Waals surface area contributed by atoms with Gasteiger partial charge in [-0.05, 0) is 68.9 Å². The Morgan fingerprint density at radius 1 is 0.939 bits per heavy atom. The summed E-state index contributed by atoms with van der Waals surface area (Å²) in [5.41, 5.74) is 2.34. The second-order valence-corrected chi connectivity index (χ2v) is 10.5. The Balaban J connectivity index is 1.87. The van der Waals surface area contributed by atoms with Gasteiger partial charge in [0.25, 0.3) is 0 Å². The number of para-hydroxylation sites is 1. The third kappa shape index (κ3) is 4.39. The number of hydrazone groups is 1. The van der Waals surface area contributed by atoms with Crippen molar-refractivity contribution < 1.29 is 19.1 Å². The molecule has 0 aliphatic carbocycles. The van der Waals surface area contributed by atoms with Gasteiger partial charge in [-0.15, -0.1) is 0 Å². The van der Waals surface area contributed by atoms with Crippen molar-refractivity contribution in [2.24, 2.45) is 5.10 Å². The van der Waals surface area contributed by atoms with Crippen LogP contribution in [0.5, 0.6) is 0 Å². The highest BCUT2D eigenvalue weighted by Gasteiger charge is 2.58. The minimum atomic E-state index is -0.997. The fourth-order valence-corrected chi connectivity index (χ4v) is 6.73. The number of rotatable bonds is 6. The third-order valence-corrected chi connectivity index (χ3v) is 8.25. The average Bonchev–Trinajstić information content (AvgIpc) is 3.33. The van der Waals surface area contributed by atoms with Gasteiger partial charge in [-0.3, -0.25) is 0 Å². The highest BCUT2D eigenvalue weighted by molar-refractivity contribution is 9.10. The van der Waals surface area contributed by atoms with Crippen LogP contribution in [-0.2, 0) is 19.1 Å². The van der Waals surface area contributed by atoms with Crippen LogP contribution in [0.4, 0.5) is 11.4 Å². The maximum Gasteiger partial charge on any atom is 0.365 e. The van der Waals surface area contributed by atoms with E-state index < -0.39 is 16.3 Å². The minimum Gasteiger partial charge on any atom is -0.462 e. The van der Waals surface area contributed by atoms with E-state index in [4.69, 9.17) is 9.47 Å². The van der Waals surface area contributed by atoms with Crippen molar-refractivity contribution >= 4 is 67.8 Å². The van der Waals surface area contributed by atoms with E-state index in [1.54, 1.807) is 18.9 Å². The smallest absolute Gasteiger partial charge is 0.365 e. The van der Waals surface area contributed by atoms with Crippen LogP contribution in [0.25, 0.3) is 0 Å². The fourth-order valence-electron chi connectivity index (χ4n) is 3.51. The highest BCUT2D eigenvalue weighted by atomic mass is 79.9. The van der Waals surface area contributed by atoms with Gasteiger partial charge in [-0.2, -0.15) is 5.10 Å². The number of nitrogens with zero attached hydrogens (tertiary/aromatic N) is 3. The van der Waals surface area contributed by atoms with Crippen molar-refractivity contribution in [3.63, 3.8) is 0 Å². The Kier molecular flexibility index (Phi) is 7.06. The van der Waals surface area contributed by atoms with E-state index >= 15 is 0 Å². The molecule has 4 rings (SSSR count). The van der Waals surface area contributed by atoms with Crippen LogP contribution in [0, 0.1) is 0 Å². The topological polar surface area (TPSA) is 71.4 Å². The Bertz CT molecular complexity index is 1120. The number of thioether (sulfide) groups is 2. The number of carbonyl (C=O) groups excluding carboxylic acids is 2. The largest absolute Gasteiger partial charge is 0.462 e. The van der Waals surface area contributed by atoms with Crippen molar-refractivity contribution in [2.75, 3.05) is 23.1 Å². The van der Waals surface area contributed by atoms with E-state index in [0.29, 0.717) is 4.91 Å². The molecule has 2 aromatic rings. The third-order valence-electron chi connectivity index (χ3n) is 4.87. The molecule has 2 aliphatic rings. The molecule has 10 heteroatoms. The molecule has 0 fully saturated rings. The predicted molar refractivity (Wildman–Crippen MR) is 137 cm³/mol. The Morgan fingerprint density at radius 2 is 1.58 bits per heavy atom. The Labute approximate surface area is 209 Å². The van der Waals surface area contributed by atoms with Gasteiger partial charge in [0, 0.05) is 15.9 Å². The zero-order chi connectivity index (χ0) is 23.6. The molecule has 0 saturated carbocycles. The number of hydrogen-bond donors (Lipinski definition) is 0. The fraction of sp³-hybridized carbons (Fsp3) is 0.261. The molecule has 1 atom stereocenters. The lowest BCUT2D eigenvalue weighted by Gasteiger charge is -2.41. The van der Waals surface area contributed by atoms with Crippen LogP contribution in [0.2, 0.25) is 0 Å². The summed E-state index contributed by atoms with van der Waals surface area (Å²) in [5, 5.41) is 6.66. The second kappa shape index (κ2) is 9.82. The van der Waals surface area contributed by atoms with E-state index in [1.165, 1.54) is 23.5 Å². The number of anilines is 2. The molecule has 0 amide bonds. The molecule has 0 saturated heterocycles. The first kappa shape index (κ1) is 23.7. The van der Waals surface area contributed by atoms with Crippen LogP contribution in [0.3, 0.4) is 0 Å². The van der Waals surface area contributed by atoms with Crippen LogP contribution in [0.1, 0.15) is 20.8 Å². The first-order valence-corrected chi connectivity index (χ1v) is 12.8. The predicted octanol–water partition coefficient (Wildman–Crippen LogP) is 5.54. The quantitative estimate of drug-likeness (QED) is 0.436. The molecule has 1 spiro atoms. The summed E-state index contributed by atoms with van der Waals surface area (Å²) in [6.07, 6.45) is 0. The highest BCUT2D eigenvalue weighted by Crippen LogP contribution is 2.60. The number of allylic oxidation sites excluding steroid dienone is 1. The standard InChI is InChI=1S/C23H22BrN3O4S2/c1-4-30-21(28)19-15(3)26(17-9-7-6-8-10-17)23(32-19)27(18-13-11-16(24)12-14-18)25-20(33-23)22(29)31-5-2/h6-14H,4-5H2,1-3H3. The zero-order valence-corrected chi connectivity index (χ0v) is 21.5. The van der Waals surface area contributed by atoms with Crippen molar-refractivity contribution in [3.05, 3.63) is 69.7 Å². The summed E-state index contributed by atoms with van der Waals surface area (Å²) in [7, 11) is 0. The molecule has 2 heterocycles. The van der Waals surface area contributed by atoms with Crippen LogP contribution >= 0.6 is 39.5 Å². The first-order valence-electron chi connectivity index (χ1n) is 10.3. The lowest BCUT2D eigenvalue weighted by molar-refractivity contribution is -0.137. The van der Waals surface area contributed by atoms with Gasteiger partial charge >= 0.3 is 11.9 Å². The molecule has 1 unspecified atom stereocenters. The molecule has 0 bridgehead atoms. The Morgan fingerprint density at radius 3 is 2.21 bits per heavy atom. The van der Waals surface area contributed by atoms with Crippen molar-refractivity contribution in [1.82, 2.24) is 0 Å². The van der Waals surface area contributed by atoms with Crippen molar-refractivity contribution in [2.45, 2.75) is 25.1 Å². The average molecular weight is 548 g/mol. The molecular formula is C23H22BrN3O4S2. The SMILES string of the molecule is CCOC(=O)C1=NN(c2ccc(Br)cc2)C2(S1)SC(C(=O)OCC)=C(C)N2c1ccccc1. The van der Waals surface area contributed by atoms with Gasteiger partial charge in [-0.25, -0.2) is 14.6 Å². The molecule has 7 nitrogen and oxygen atoms in total. The van der Waals surface area contributed by atoms with Gasteiger partial charge < -0.3 is 14.4 Å². The molecule has 2 aliphatic heterocycles. The van der Waals surface area contributed by atoms with E-state index in [2.05, 4.69) is 21.0 Å². The number of halogens is 1. The van der Waals surface area contributed by atoms with E-state index in [1.807, 2.05) is 66.4 Å². The summed E-state index contributed by atoms with van der Waals surface area (Å²) in [4.78, 5) is 28.1. The molecule has 2 aromatic carbocycles. The van der Waals surface area contributed by atoms with Gasteiger partial charge in [-0.1, -0.05) is 45.9 Å². The molecular weight excluding hydrogens is 526 g/mol. The number of esters is 2. The van der Waals surface area contributed by atoms with Gasteiger partial charge in [0.2, 0.25) is 9.37 Å². The van der Waals surface area contributed by atoms with E-state index in [-0.39, 0.29) is 18.3 Å². The van der Waals surface area contributed by atoms with Crippen LogP contribution < -0.4 is 9.91 Å². The summed E-state index contributed by atoms with van der Waals surface area (Å²) in [6.45, 7) is 5.92. The number of ether oxygens (including phenoxy) is 2. The molecule has 33 heavy (non-hydrogen) atoms. The van der Waals surface area contributed by atoms with Gasteiger partial charge in [0.1, 0.15) is 4.91 Å². The monoisotopic (exact) mass is 547 g/mol. The van der Waals surface area contributed by atoms with Gasteiger partial charge in [0.05, 0.1) is 18.9 Å². The van der Waals surface area contributed by atoms with Gasteiger partial charge in [0.15, 0.2) is 0 Å². The summed E-state index contributed by atoms with van der Waals surface area (Å²) < 4.78 is 10.5.